The molecule has 1 fully saturated rings. The number of carbonyl (C=O) groups excluding carboxylic acids is 2. The molecular weight excluding hydrogens is 308 g/mol. The molecule has 0 saturated heterocycles. The van der Waals surface area contributed by atoms with Crippen molar-refractivity contribution in [2.45, 2.75) is 45.1 Å². The van der Waals surface area contributed by atoms with Gasteiger partial charge in [-0.05, 0) is 31.9 Å². The average molecular weight is 328 g/mol. The van der Waals surface area contributed by atoms with E-state index < -0.39 is 5.54 Å². The number of aryl methyl sites for hydroxylation is 1. The Bertz CT molecular complexity index is 763. The van der Waals surface area contributed by atoms with E-state index in [4.69, 9.17) is 4.52 Å². The average Bonchev–Trinajstić information content (AvgIpc) is 3.17. The van der Waals surface area contributed by atoms with E-state index in [1.54, 1.807) is 31.2 Å². The van der Waals surface area contributed by atoms with Crippen molar-refractivity contribution in [1.29, 1.82) is 0 Å². The number of hydrogen-bond donors (Lipinski definition) is 2. The number of rotatable bonds is 4. The Balaban J connectivity index is 1.75. The lowest BCUT2D eigenvalue weighted by Gasteiger charge is -2.26. The summed E-state index contributed by atoms with van der Waals surface area (Å²) in [5.74, 6) is 0.950. The SMILES string of the molecule is CC(=O)c1cccc(NC(=O)NC2(c3noc(C)n3)CCCC2)c1. The van der Waals surface area contributed by atoms with Crippen molar-refractivity contribution in [2.24, 2.45) is 0 Å². The van der Waals surface area contributed by atoms with E-state index in [0.717, 1.165) is 25.7 Å². The van der Waals surface area contributed by atoms with Crippen LogP contribution in [0.25, 0.3) is 0 Å². The summed E-state index contributed by atoms with van der Waals surface area (Å²) in [6.45, 7) is 3.22. The number of anilines is 1. The largest absolute Gasteiger partial charge is 0.340 e. The molecule has 1 heterocycles. The molecule has 1 aromatic carbocycles. The van der Waals surface area contributed by atoms with Crippen molar-refractivity contribution in [3.8, 4) is 0 Å². The van der Waals surface area contributed by atoms with Gasteiger partial charge in [-0.25, -0.2) is 4.79 Å². The highest BCUT2D eigenvalue weighted by molar-refractivity contribution is 5.96. The van der Waals surface area contributed by atoms with Crippen LogP contribution in [0, 0.1) is 6.92 Å². The number of nitrogens with zero attached hydrogens (tertiary/aromatic N) is 2. The molecule has 24 heavy (non-hydrogen) atoms. The molecule has 7 heteroatoms. The number of nitrogens with one attached hydrogen (secondary N) is 2. The minimum absolute atomic E-state index is 0.0476. The zero-order valence-corrected chi connectivity index (χ0v) is 13.8. The lowest BCUT2D eigenvalue weighted by atomic mass is 9.97. The van der Waals surface area contributed by atoms with Gasteiger partial charge in [-0.3, -0.25) is 4.79 Å². The van der Waals surface area contributed by atoms with Crippen molar-refractivity contribution in [3.05, 3.63) is 41.5 Å². The summed E-state index contributed by atoms with van der Waals surface area (Å²) < 4.78 is 5.07. The van der Waals surface area contributed by atoms with Gasteiger partial charge in [0.1, 0.15) is 5.54 Å². The summed E-state index contributed by atoms with van der Waals surface area (Å²) in [5.41, 5.74) is 0.523. The molecule has 1 aliphatic rings. The highest BCUT2D eigenvalue weighted by atomic mass is 16.5. The van der Waals surface area contributed by atoms with Crippen LogP contribution in [0.5, 0.6) is 0 Å². The van der Waals surface area contributed by atoms with E-state index in [0.29, 0.717) is 23.0 Å². The normalized spacial score (nSPS) is 15.9. The maximum Gasteiger partial charge on any atom is 0.320 e. The third-order valence-electron chi connectivity index (χ3n) is 4.29. The maximum atomic E-state index is 12.4. The zero-order valence-electron chi connectivity index (χ0n) is 13.8. The second-order valence-electron chi connectivity index (χ2n) is 6.14. The van der Waals surface area contributed by atoms with E-state index in [9.17, 15) is 9.59 Å². The highest BCUT2D eigenvalue weighted by Crippen LogP contribution is 2.37. The van der Waals surface area contributed by atoms with Crippen LogP contribution in [0.2, 0.25) is 0 Å². The molecule has 7 nitrogen and oxygen atoms in total. The summed E-state index contributed by atoms with van der Waals surface area (Å²) in [4.78, 5) is 28.2. The molecule has 2 aromatic rings. The number of carbonyl (C=O) groups is 2. The minimum atomic E-state index is -0.597. The Morgan fingerprint density at radius 2 is 2.00 bits per heavy atom. The molecule has 0 bridgehead atoms. The topological polar surface area (TPSA) is 97.1 Å². The maximum absolute atomic E-state index is 12.4. The predicted molar refractivity (Wildman–Crippen MR) is 87.8 cm³/mol. The van der Waals surface area contributed by atoms with Crippen LogP contribution in [0.1, 0.15) is 54.7 Å². The summed E-state index contributed by atoms with van der Waals surface area (Å²) >= 11 is 0. The van der Waals surface area contributed by atoms with Gasteiger partial charge < -0.3 is 15.2 Å². The van der Waals surface area contributed by atoms with Gasteiger partial charge in [0.25, 0.3) is 0 Å². The Kier molecular flexibility index (Phi) is 4.33. The third kappa shape index (κ3) is 3.29. The first-order valence-corrected chi connectivity index (χ1v) is 7.99. The van der Waals surface area contributed by atoms with Crippen LogP contribution in [-0.2, 0) is 5.54 Å². The van der Waals surface area contributed by atoms with E-state index in [1.165, 1.54) is 6.92 Å². The quantitative estimate of drug-likeness (QED) is 0.840. The fraction of sp³-hybridized carbons (Fsp3) is 0.412. The summed E-state index contributed by atoms with van der Waals surface area (Å²) in [6.07, 6.45) is 3.53. The Morgan fingerprint density at radius 1 is 1.25 bits per heavy atom. The van der Waals surface area contributed by atoms with E-state index in [1.807, 2.05) is 0 Å². The van der Waals surface area contributed by atoms with Crippen LogP contribution >= 0.6 is 0 Å². The number of Topliss-reactive ketones (excluding diaryl/α,β-unsaturated/α-hetero) is 1. The fourth-order valence-corrected chi connectivity index (χ4v) is 3.07. The number of benzene rings is 1. The van der Waals surface area contributed by atoms with Crippen molar-refractivity contribution < 1.29 is 14.1 Å². The van der Waals surface area contributed by atoms with Crippen LogP contribution in [0.3, 0.4) is 0 Å². The second kappa shape index (κ2) is 6.43. The first kappa shape index (κ1) is 16.2. The van der Waals surface area contributed by atoms with Gasteiger partial charge >= 0.3 is 6.03 Å². The van der Waals surface area contributed by atoms with Gasteiger partial charge in [-0.2, -0.15) is 4.98 Å². The standard InChI is InChI=1S/C17H20N4O3/c1-11(22)13-6-5-7-14(10-13)19-16(23)20-17(8-3-4-9-17)15-18-12(2)24-21-15/h5-7,10H,3-4,8-9H2,1-2H3,(H2,19,20,23). The van der Waals surface area contributed by atoms with E-state index >= 15 is 0 Å². The number of hydrogen-bond acceptors (Lipinski definition) is 5. The van der Waals surface area contributed by atoms with Crippen LogP contribution in [0.4, 0.5) is 10.5 Å². The number of urea groups is 1. The molecule has 3 rings (SSSR count). The number of amides is 2. The van der Waals surface area contributed by atoms with E-state index in [-0.39, 0.29) is 11.8 Å². The molecular formula is C17H20N4O3. The number of aromatic nitrogens is 2. The molecule has 0 atom stereocenters. The van der Waals surface area contributed by atoms with Crippen LogP contribution < -0.4 is 10.6 Å². The molecule has 0 radical (unpaired) electrons. The van der Waals surface area contributed by atoms with Gasteiger partial charge in [0.15, 0.2) is 11.6 Å². The second-order valence-corrected chi connectivity index (χ2v) is 6.14. The van der Waals surface area contributed by atoms with Crippen molar-refractivity contribution in [3.63, 3.8) is 0 Å². The molecule has 0 aliphatic heterocycles. The molecule has 126 valence electrons. The lowest BCUT2D eigenvalue weighted by molar-refractivity contribution is 0.101. The van der Waals surface area contributed by atoms with E-state index in [2.05, 4.69) is 20.8 Å². The molecule has 2 amide bonds. The van der Waals surface area contributed by atoms with Crippen LogP contribution in [0.15, 0.2) is 28.8 Å². The highest BCUT2D eigenvalue weighted by Gasteiger charge is 2.41. The Hall–Kier alpha value is -2.70. The first-order valence-electron chi connectivity index (χ1n) is 7.99. The van der Waals surface area contributed by atoms with Crippen molar-refractivity contribution >= 4 is 17.5 Å². The molecule has 0 unspecified atom stereocenters. The first-order chi connectivity index (χ1) is 11.5. The van der Waals surface area contributed by atoms with Gasteiger partial charge in [0.05, 0.1) is 0 Å². The monoisotopic (exact) mass is 328 g/mol. The zero-order chi connectivity index (χ0) is 17.2. The minimum Gasteiger partial charge on any atom is -0.340 e. The van der Waals surface area contributed by atoms with Gasteiger partial charge in [0.2, 0.25) is 5.89 Å². The summed E-state index contributed by atoms with van der Waals surface area (Å²) in [7, 11) is 0. The van der Waals surface area contributed by atoms with Gasteiger partial charge in [-0.1, -0.05) is 30.1 Å². The molecule has 0 spiro atoms. The van der Waals surface area contributed by atoms with Gasteiger partial charge in [-0.15, -0.1) is 0 Å². The molecule has 1 aromatic heterocycles. The fourth-order valence-electron chi connectivity index (χ4n) is 3.07. The van der Waals surface area contributed by atoms with Crippen LogP contribution in [-0.4, -0.2) is 22.0 Å². The number of ketones is 1. The van der Waals surface area contributed by atoms with Gasteiger partial charge in [0, 0.05) is 18.2 Å². The smallest absolute Gasteiger partial charge is 0.320 e. The van der Waals surface area contributed by atoms with Crippen molar-refractivity contribution in [2.75, 3.05) is 5.32 Å². The Labute approximate surface area is 139 Å². The summed E-state index contributed by atoms with van der Waals surface area (Å²) in [5, 5.41) is 9.77. The van der Waals surface area contributed by atoms with Crippen molar-refractivity contribution in [1.82, 2.24) is 15.5 Å². The predicted octanol–water partition coefficient (Wildman–Crippen LogP) is 3.17. The molecule has 2 N–H and O–H groups in total. The Morgan fingerprint density at radius 3 is 2.62 bits per heavy atom. The lowest BCUT2D eigenvalue weighted by Crippen LogP contribution is -2.46. The summed E-state index contributed by atoms with van der Waals surface area (Å²) in [6, 6.07) is 6.50. The third-order valence-corrected chi connectivity index (χ3v) is 4.29. The molecule has 1 aliphatic carbocycles. The molecule has 1 saturated carbocycles.